The minimum atomic E-state index is -4.55. The molecule has 0 spiro atoms. The maximum atomic E-state index is 13.1. The van der Waals surface area contributed by atoms with Gasteiger partial charge in [0.05, 0.1) is 16.6 Å². The highest BCUT2D eigenvalue weighted by molar-refractivity contribution is 7.89. The summed E-state index contributed by atoms with van der Waals surface area (Å²) in [5.41, 5.74) is -0.912. The molecule has 2 N–H and O–H groups in total. The summed E-state index contributed by atoms with van der Waals surface area (Å²) in [7, 11) is -3.97. The van der Waals surface area contributed by atoms with Crippen LogP contribution in [0.15, 0.2) is 29.2 Å². The molecule has 1 aliphatic heterocycles. The summed E-state index contributed by atoms with van der Waals surface area (Å²) < 4.78 is 70.9. The van der Waals surface area contributed by atoms with Gasteiger partial charge >= 0.3 is 12.3 Å². The number of sulfonamides is 1. The van der Waals surface area contributed by atoms with Crippen molar-refractivity contribution in [2.24, 2.45) is 11.8 Å². The Hall–Kier alpha value is -2.34. The number of alkyl halides is 3. The van der Waals surface area contributed by atoms with Crippen molar-refractivity contribution in [2.45, 2.75) is 75.7 Å². The van der Waals surface area contributed by atoms with Gasteiger partial charge in [-0.2, -0.15) is 17.5 Å². The fourth-order valence-electron chi connectivity index (χ4n) is 4.80. The number of ether oxygens (including phenoxy) is 1. The minimum absolute atomic E-state index is 0.0352. The first-order valence-electron chi connectivity index (χ1n) is 11.8. The highest BCUT2D eigenvalue weighted by Crippen LogP contribution is 2.40. The van der Waals surface area contributed by atoms with Gasteiger partial charge in [-0.3, -0.25) is 4.79 Å². The van der Waals surface area contributed by atoms with E-state index in [1.54, 1.807) is 13.8 Å². The predicted molar refractivity (Wildman–Crippen MR) is 122 cm³/mol. The zero-order valence-electron chi connectivity index (χ0n) is 20.0. The van der Waals surface area contributed by atoms with Crippen LogP contribution in [0.4, 0.5) is 18.0 Å². The third-order valence-electron chi connectivity index (χ3n) is 6.50. The van der Waals surface area contributed by atoms with Gasteiger partial charge in [-0.15, -0.1) is 0 Å². The number of carbonyl (C=O) groups is 2. The van der Waals surface area contributed by atoms with E-state index in [9.17, 15) is 31.2 Å². The first-order chi connectivity index (χ1) is 16.3. The molecule has 0 radical (unpaired) electrons. The molecule has 0 unspecified atom stereocenters. The third kappa shape index (κ3) is 6.46. The third-order valence-corrected chi connectivity index (χ3v) is 8.34. The molecule has 1 aliphatic carbocycles. The molecule has 2 amide bonds. The number of hydrogen-bond acceptors (Lipinski definition) is 5. The van der Waals surface area contributed by atoms with Crippen LogP contribution in [0.3, 0.4) is 0 Å². The summed E-state index contributed by atoms with van der Waals surface area (Å²) in [6.45, 7) is 5.72. The molecule has 3 rings (SSSR count). The van der Waals surface area contributed by atoms with Gasteiger partial charge in [0.15, 0.2) is 0 Å². The van der Waals surface area contributed by atoms with Crippen molar-refractivity contribution in [3.63, 3.8) is 0 Å². The summed E-state index contributed by atoms with van der Waals surface area (Å²) in [6.07, 6.45) is -3.06. The van der Waals surface area contributed by atoms with E-state index < -0.39 is 33.9 Å². The van der Waals surface area contributed by atoms with Gasteiger partial charge < -0.3 is 15.4 Å². The predicted octanol–water partition coefficient (Wildman–Crippen LogP) is 3.52. The van der Waals surface area contributed by atoms with Crippen LogP contribution in [-0.4, -0.2) is 56.0 Å². The number of nitrogens with one attached hydrogen (secondary N) is 2. The summed E-state index contributed by atoms with van der Waals surface area (Å²) in [5, 5.41) is 5.57. The largest absolute Gasteiger partial charge is 0.447 e. The number of carbonyl (C=O) groups excluding carboxylic acids is 2. The lowest BCUT2D eigenvalue weighted by molar-refractivity contribution is -0.137. The van der Waals surface area contributed by atoms with Crippen molar-refractivity contribution in [3.05, 3.63) is 29.8 Å². The SMILES string of the molecule is CCC[C@H](NC(=O)OC(C)C)C(=O)N[C@H]1CC[C@@H]2CN(S(=O)(=O)c3ccc(C(F)(F)F)cc3)C[C@@H]21. The Kier molecular flexibility index (Phi) is 8.36. The normalized spacial score (nSPS) is 23.7. The van der Waals surface area contributed by atoms with Crippen LogP contribution in [0, 0.1) is 11.8 Å². The zero-order chi connectivity index (χ0) is 26.0. The Morgan fingerprint density at radius 1 is 1.14 bits per heavy atom. The van der Waals surface area contributed by atoms with Crippen molar-refractivity contribution >= 4 is 22.0 Å². The number of fused-ring (bicyclic) bond motifs is 1. The fraction of sp³-hybridized carbons (Fsp3) is 0.652. The smallest absolute Gasteiger partial charge is 0.416 e. The second-order valence-electron chi connectivity index (χ2n) is 9.40. The quantitative estimate of drug-likeness (QED) is 0.547. The maximum Gasteiger partial charge on any atom is 0.416 e. The van der Waals surface area contributed by atoms with Crippen LogP contribution in [-0.2, 0) is 25.7 Å². The summed E-state index contributed by atoms with van der Waals surface area (Å²) >= 11 is 0. The van der Waals surface area contributed by atoms with Gasteiger partial charge in [-0.05, 0) is 69.2 Å². The number of halogens is 3. The number of alkyl carbamates (subject to hydrolysis) is 1. The van der Waals surface area contributed by atoms with E-state index in [4.69, 9.17) is 4.74 Å². The second kappa shape index (κ2) is 10.7. The summed E-state index contributed by atoms with van der Waals surface area (Å²) in [6, 6.07) is 2.45. The van der Waals surface area contributed by atoms with Crippen LogP contribution in [0.1, 0.15) is 52.0 Å². The first kappa shape index (κ1) is 27.3. The Morgan fingerprint density at radius 3 is 2.37 bits per heavy atom. The van der Waals surface area contributed by atoms with Gasteiger partial charge in [-0.25, -0.2) is 13.2 Å². The zero-order valence-corrected chi connectivity index (χ0v) is 20.8. The van der Waals surface area contributed by atoms with Gasteiger partial charge in [0.25, 0.3) is 0 Å². The van der Waals surface area contributed by atoms with E-state index in [2.05, 4.69) is 10.6 Å². The lowest BCUT2D eigenvalue weighted by Gasteiger charge is -2.25. The van der Waals surface area contributed by atoms with Crippen molar-refractivity contribution in [1.29, 1.82) is 0 Å². The monoisotopic (exact) mass is 519 g/mol. The van der Waals surface area contributed by atoms with E-state index in [0.29, 0.717) is 19.3 Å². The molecule has 1 saturated carbocycles. The van der Waals surface area contributed by atoms with Crippen molar-refractivity contribution in [3.8, 4) is 0 Å². The molecule has 8 nitrogen and oxygen atoms in total. The van der Waals surface area contributed by atoms with Crippen LogP contribution < -0.4 is 10.6 Å². The molecule has 1 heterocycles. The van der Waals surface area contributed by atoms with Crippen LogP contribution in [0.5, 0.6) is 0 Å². The summed E-state index contributed by atoms with van der Waals surface area (Å²) in [5.74, 6) is -0.427. The van der Waals surface area contributed by atoms with E-state index in [-0.39, 0.29) is 47.9 Å². The number of amides is 2. The Bertz CT molecular complexity index is 1010. The van der Waals surface area contributed by atoms with E-state index in [1.165, 1.54) is 4.31 Å². The van der Waals surface area contributed by atoms with Gasteiger partial charge in [0.2, 0.25) is 15.9 Å². The lowest BCUT2D eigenvalue weighted by Crippen LogP contribution is -2.51. The van der Waals surface area contributed by atoms with Crippen molar-refractivity contribution in [1.82, 2.24) is 14.9 Å². The molecule has 35 heavy (non-hydrogen) atoms. The lowest BCUT2D eigenvalue weighted by atomic mass is 9.97. The molecular weight excluding hydrogens is 487 g/mol. The highest BCUT2D eigenvalue weighted by Gasteiger charge is 2.47. The summed E-state index contributed by atoms with van der Waals surface area (Å²) in [4.78, 5) is 24.7. The topological polar surface area (TPSA) is 105 Å². The van der Waals surface area contributed by atoms with E-state index in [1.807, 2.05) is 6.92 Å². The molecule has 196 valence electrons. The number of hydrogen-bond donors (Lipinski definition) is 2. The van der Waals surface area contributed by atoms with Crippen LogP contribution >= 0.6 is 0 Å². The molecule has 1 aromatic carbocycles. The standard InChI is InChI=1S/C23H32F3N3O5S/c1-4-5-20(28-22(31)34-14(2)3)21(30)27-19-11-6-15-12-29(13-18(15)19)35(32,33)17-9-7-16(8-10-17)23(24,25)26/h7-10,14-15,18-20H,4-6,11-13H2,1-3H3,(H,27,30)(H,28,31)/t15-,18+,19+,20+/m1/s1. The van der Waals surface area contributed by atoms with E-state index >= 15 is 0 Å². The molecule has 2 fully saturated rings. The van der Waals surface area contributed by atoms with Crippen molar-refractivity contribution in [2.75, 3.05) is 13.1 Å². The Morgan fingerprint density at radius 2 is 1.80 bits per heavy atom. The minimum Gasteiger partial charge on any atom is -0.447 e. The average Bonchev–Trinajstić information content (AvgIpc) is 3.35. The van der Waals surface area contributed by atoms with E-state index in [0.717, 1.165) is 30.7 Å². The molecule has 1 aromatic rings. The average molecular weight is 520 g/mol. The van der Waals surface area contributed by atoms with Gasteiger partial charge in [0.1, 0.15) is 6.04 Å². The number of rotatable bonds is 8. The molecule has 4 atom stereocenters. The van der Waals surface area contributed by atoms with Crippen molar-refractivity contribution < 1.29 is 35.9 Å². The second-order valence-corrected chi connectivity index (χ2v) is 11.3. The molecule has 2 aliphatic rings. The first-order valence-corrected chi connectivity index (χ1v) is 13.2. The molecule has 1 saturated heterocycles. The van der Waals surface area contributed by atoms with Crippen LogP contribution in [0.25, 0.3) is 0 Å². The molecular formula is C23H32F3N3O5S. The number of nitrogens with zero attached hydrogens (tertiary/aromatic N) is 1. The molecule has 0 aromatic heterocycles. The molecule has 12 heteroatoms. The van der Waals surface area contributed by atoms with Gasteiger partial charge in [0, 0.05) is 19.1 Å². The van der Waals surface area contributed by atoms with Gasteiger partial charge in [-0.1, -0.05) is 13.3 Å². The maximum absolute atomic E-state index is 13.1. The van der Waals surface area contributed by atoms with Crippen LogP contribution in [0.2, 0.25) is 0 Å². The Labute approximate surface area is 203 Å². The number of benzene rings is 1. The fourth-order valence-corrected chi connectivity index (χ4v) is 6.33. The highest BCUT2D eigenvalue weighted by atomic mass is 32.2. The Balaban J connectivity index is 1.65. The molecule has 0 bridgehead atoms.